The average molecular weight is 290 g/mol. The molecule has 1 aromatic heterocycles. The maximum Gasteiger partial charge on any atom is 0.329 e. The van der Waals surface area contributed by atoms with Gasteiger partial charge in [0.15, 0.2) is 5.82 Å². The van der Waals surface area contributed by atoms with Crippen molar-refractivity contribution in [1.29, 1.82) is 5.26 Å². The summed E-state index contributed by atoms with van der Waals surface area (Å²) in [6.07, 6.45) is 2.14. The Morgan fingerprint density at radius 2 is 1.86 bits per heavy atom. The molecule has 0 saturated heterocycles. The van der Waals surface area contributed by atoms with Gasteiger partial charge < -0.3 is 10.4 Å². The monoisotopic (exact) mass is 290 g/mol. The Morgan fingerprint density at radius 3 is 2.24 bits per heavy atom. The van der Waals surface area contributed by atoms with Crippen LogP contribution < -0.4 is 5.32 Å². The summed E-state index contributed by atoms with van der Waals surface area (Å²) in [6, 6.07) is 2.14. The van der Waals surface area contributed by atoms with E-state index < -0.39 is 11.5 Å². The van der Waals surface area contributed by atoms with Crippen molar-refractivity contribution < 1.29 is 9.90 Å². The molecule has 0 spiro atoms. The Morgan fingerprint density at radius 1 is 1.24 bits per heavy atom. The first-order chi connectivity index (χ1) is 9.99. The first-order valence-corrected chi connectivity index (χ1v) is 7.29. The quantitative estimate of drug-likeness (QED) is 0.800. The van der Waals surface area contributed by atoms with Crippen LogP contribution in [-0.4, -0.2) is 26.8 Å². The Balaban J connectivity index is 3.38. The SMILES string of the molecule is CCc1nnc(NC(CC)(CC)C(=O)O)c(C#N)c1CC. The van der Waals surface area contributed by atoms with Crippen LogP contribution in [0.15, 0.2) is 0 Å². The van der Waals surface area contributed by atoms with Gasteiger partial charge in [0.1, 0.15) is 17.2 Å². The van der Waals surface area contributed by atoms with Crippen LogP contribution in [0, 0.1) is 11.3 Å². The van der Waals surface area contributed by atoms with Crippen LogP contribution in [0.1, 0.15) is 57.4 Å². The van der Waals surface area contributed by atoms with Crippen LogP contribution >= 0.6 is 0 Å². The van der Waals surface area contributed by atoms with Crippen LogP contribution in [0.2, 0.25) is 0 Å². The lowest BCUT2D eigenvalue weighted by Crippen LogP contribution is -2.45. The van der Waals surface area contributed by atoms with Gasteiger partial charge in [-0.25, -0.2) is 4.79 Å². The fourth-order valence-electron chi connectivity index (χ4n) is 2.39. The predicted octanol–water partition coefficient (Wildman–Crippen LogP) is 2.53. The van der Waals surface area contributed by atoms with Crippen molar-refractivity contribution in [2.45, 2.75) is 58.9 Å². The molecular formula is C15H22N4O2. The summed E-state index contributed by atoms with van der Waals surface area (Å²) in [5.74, 6) is -0.687. The third kappa shape index (κ3) is 3.13. The molecule has 0 aliphatic rings. The van der Waals surface area contributed by atoms with Gasteiger partial charge in [-0.2, -0.15) is 10.4 Å². The van der Waals surface area contributed by atoms with Crippen molar-refractivity contribution in [3.63, 3.8) is 0 Å². The van der Waals surface area contributed by atoms with Crippen molar-refractivity contribution in [2.24, 2.45) is 0 Å². The number of aromatic nitrogens is 2. The molecule has 0 radical (unpaired) electrons. The average Bonchev–Trinajstić information content (AvgIpc) is 2.51. The van der Waals surface area contributed by atoms with E-state index in [0.29, 0.717) is 31.2 Å². The summed E-state index contributed by atoms with van der Waals surface area (Å²) in [5, 5.41) is 30.0. The van der Waals surface area contributed by atoms with Crippen molar-refractivity contribution in [2.75, 3.05) is 5.32 Å². The van der Waals surface area contributed by atoms with Crippen molar-refractivity contribution in [3.8, 4) is 6.07 Å². The van der Waals surface area contributed by atoms with E-state index in [4.69, 9.17) is 0 Å². The first kappa shape index (κ1) is 16.9. The van der Waals surface area contributed by atoms with Crippen molar-refractivity contribution in [1.82, 2.24) is 10.2 Å². The van der Waals surface area contributed by atoms with Gasteiger partial charge in [0, 0.05) is 0 Å². The second-order valence-corrected chi connectivity index (χ2v) is 4.89. The molecule has 6 heteroatoms. The van der Waals surface area contributed by atoms with Crippen LogP contribution in [0.4, 0.5) is 5.82 Å². The lowest BCUT2D eigenvalue weighted by Gasteiger charge is -2.29. The minimum atomic E-state index is -1.13. The molecule has 0 bridgehead atoms. The number of hydrogen-bond acceptors (Lipinski definition) is 5. The normalized spacial score (nSPS) is 11.0. The number of aliphatic carboxylic acids is 1. The molecule has 0 saturated carbocycles. The number of hydrogen-bond donors (Lipinski definition) is 2. The summed E-state index contributed by atoms with van der Waals surface area (Å²) in [7, 11) is 0. The number of anilines is 1. The summed E-state index contributed by atoms with van der Waals surface area (Å²) in [5.41, 5.74) is 0.897. The van der Waals surface area contributed by atoms with E-state index in [1.807, 2.05) is 13.8 Å². The highest BCUT2D eigenvalue weighted by molar-refractivity contribution is 5.83. The van der Waals surface area contributed by atoms with Gasteiger partial charge in [-0.15, -0.1) is 5.10 Å². The molecule has 0 atom stereocenters. The van der Waals surface area contributed by atoms with Gasteiger partial charge in [-0.1, -0.05) is 27.7 Å². The maximum absolute atomic E-state index is 11.6. The second kappa shape index (κ2) is 7.02. The molecule has 0 aromatic carbocycles. The molecule has 114 valence electrons. The number of carbonyl (C=O) groups is 1. The minimum absolute atomic E-state index is 0.262. The van der Waals surface area contributed by atoms with E-state index in [1.165, 1.54) is 0 Å². The highest BCUT2D eigenvalue weighted by atomic mass is 16.4. The molecule has 1 rings (SSSR count). The maximum atomic E-state index is 11.6. The standard InChI is InChI=1S/C15H22N4O2/c1-5-10-11(9-16)13(19-18-12(10)6-2)17-15(7-3,8-4)14(20)21/h5-8H2,1-4H3,(H,17,19)(H,20,21). The smallest absolute Gasteiger partial charge is 0.329 e. The lowest BCUT2D eigenvalue weighted by molar-refractivity contribution is -0.142. The fourth-order valence-corrected chi connectivity index (χ4v) is 2.39. The molecule has 6 nitrogen and oxygen atoms in total. The number of nitrogens with zero attached hydrogens (tertiary/aromatic N) is 3. The third-order valence-electron chi connectivity index (χ3n) is 3.93. The molecule has 0 fully saturated rings. The van der Waals surface area contributed by atoms with E-state index >= 15 is 0 Å². The van der Waals surface area contributed by atoms with Crippen molar-refractivity contribution >= 4 is 11.8 Å². The molecule has 2 N–H and O–H groups in total. The Bertz CT molecular complexity index is 560. The van der Waals surface area contributed by atoms with Crippen LogP contribution in [0.5, 0.6) is 0 Å². The van der Waals surface area contributed by atoms with E-state index in [2.05, 4.69) is 21.6 Å². The minimum Gasteiger partial charge on any atom is -0.480 e. The van der Waals surface area contributed by atoms with Gasteiger partial charge in [-0.3, -0.25) is 0 Å². The zero-order valence-corrected chi connectivity index (χ0v) is 13.0. The zero-order valence-electron chi connectivity index (χ0n) is 13.0. The van der Waals surface area contributed by atoms with E-state index in [1.54, 1.807) is 13.8 Å². The van der Waals surface area contributed by atoms with Gasteiger partial charge in [-0.05, 0) is 31.2 Å². The fraction of sp³-hybridized carbons (Fsp3) is 0.600. The highest BCUT2D eigenvalue weighted by Crippen LogP contribution is 2.26. The molecular weight excluding hydrogens is 268 g/mol. The topological polar surface area (TPSA) is 98.9 Å². The molecule has 0 amide bonds. The zero-order chi connectivity index (χ0) is 16.0. The lowest BCUT2D eigenvalue weighted by atomic mass is 9.92. The molecule has 1 aromatic rings. The largest absolute Gasteiger partial charge is 0.480 e. The van der Waals surface area contributed by atoms with Gasteiger partial charge in [0.05, 0.1) is 5.69 Å². The number of carboxylic acid groups (broad SMARTS) is 1. The number of nitrogens with one attached hydrogen (secondary N) is 1. The van der Waals surface area contributed by atoms with E-state index in [0.717, 1.165) is 11.3 Å². The first-order valence-electron chi connectivity index (χ1n) is 7.29. The Hall–Kier alpha value is -2.16. The molecule has 0 aliphatic heterocycles. The highest BCUT2D eigenvalue weighted by Gasteiger charge is 2.36. The summed E-state index contributed by atoms with van der Waals surface area (Å²) >= 11 is 0. The molecule has 21 heavy (non-hydrogen) atoms. The third-order valence-corrected chi connectivity index (χ3v) is 3.93. The van der Waals surface area contributed by atoms with E-state index in [-0.39, 0.29) is 5.82 Å². The summed E-state index contributed by atoms with van der Waals surface area (Å²) in [6.45, 7) is 7.50. The number of nitriles is 1. The van der Waals surface area contributed by atoms with Crippen LogP contribution in [-0.2, 0) is 17.6 Å². The number of rotatable bonds is 7. The molecule has 0 aliphatic carbocycles. The summed E-state index contributed by atoms with van der Waals surface area (Å²) < 4.78 is 0. The number of carboxylic acids is 1. The predicted molar refractivity (Wildman–Crippen MR) is 80.1 cm³/mol. The van der Waals surface area contributed by atoms with Crippen LogP contribution in [0.3, 0.4) is 0 Å². The second-order valence-electron chi connectivity index (χ2n) is 4.89. The number of aryl methyl sites for hydroxylation is 1. The van der Waals surface area contributed by atoms with E-state index in [9.17, 15) is 15.2 Å². The van der Waals surface area contributed by atoms with Gasteiger partial charge >= 0.3 is 5.97 Å². The molecule has 1 heterocycles. The van der Waals surface area contributed by atoms with Crippen molar-refractivity contribution in [3.05, 3.63) is 16.8 Å². The van der Waals surface area contributed by atoms with Gasteiger partial charge in [0.25, 0.3) is 0 Å². The van der Waals surface area contributed by atoms with Crippen LogP contribution in [0.25, 0.3) is 0 Å². The Labute approximate surface area is 125 Å². The van der Waals surface area contributed by atoms with Gasteiger partial charge in [0.2, 0.25) is 0 Å². The summed E-state index contributed by atoms with van der Waals surface area (Å²) in [4.78, 5) is 11.6. The Kier molecular flexibility index (Phi) is 5.65. The molecule has 0 unspecified atom stereocenters.